The molecule has 0 radical (unpaired) electrons. The number of hydrazine groups is 1. The molecular formula is C12H18F2N2S. The zero-order valence-corrected chi connectivity index (χ0v) is 11.1. The molecule has 0 amide bonds. The second-order valence-corrected chi connectivity index (χ2v) is 6.69. The molecule has 2 nitrogen and oxygen atoms in total. The van der Waals surface area contributed by atoms with Crippen molar-refractivity contribution >= 4 is 11.8 Å². The molecule has 96 valence electrons. The molecule has 1 atom stereocenters. The van der Waals surface area contributed by atoms with Crippen molar-refractivity contribution in [3.05, 3.63) is 35.4 Å². The van der Waals surface area contributed by atoms with Gasteiger partial charge in [0.15, 0.2) is 0 Å². The number of hydrogen-bond acceptors (Lipinski definition) is 3. The minimum atomic E-state index is -0.582. The van der Waals surface area contributed by atoms with Crippen LogP contribution >= 0.6 is 11.8 Å². The second kappa shape index (κ2) is 5.80. The summed E-state index contributed by atoms with van der Waals surface area (Å²) in [6.07, 6.45) is 0. The van der Waals surface area contributed by atoms with Crippen LogP contribution in [-0.2, 0) is 0 Å². The molecule has 0 aromatic heterocycles. The Morgan fingerprint density at radius 3 is 2.18 bits per heavy atom. The molecule has 0 aliphatic rings. The SMILES string of the molecule is CC(C)(C)SCC(NN)c1cc(F)cc(F)c1. The lowest BCUT2D eigenvalue weighted by molar-refractivity contribution is 0.558. The summed E-state index contributed by atoms with van der Waals surface area (Å²) in [5, 5.41) is 0. The molecule has 5 heteroatoms. The summed E-state index contributed by atoms with van der Waals surface area (Å²) in [5.74, 6) is 4.92. The molecule has 0 fully saturated rings. The third-order valence-corrected chi connectivity index (χ3v) is 3.54. The highest BCUT2D eigenvalue weighted by molar-refractivity contribution is 8.00. The molecule has 3 N–H and O–H groups in total. The van der Waals surface area contributed by atoms with Gasteiger partial charge in [0.1, 0.15) is 11.6 Å². The topological polar surface area (TPSA) is 38.0 Å². The fraction of sp³-hybridized carbons (Fsp3) is 0.500. The van der Waals surface area contributed by atoms with E-state index in [2.05, 4.69) is 26.2 Å². The van der Waals surface area contributed by atoms with Crippen molar-refractivity contribution in [2.45, 2.75) is 31.6 Å². The first-order valence-corrected chi connectivity index (χ1v) is 6.36. The predicted molar refractivity (Wildman–Crippen MR) is 68.6 cm³/mol. The second-order valence-electron chi connectivity index (χ2n) is 4.85. The van der Waals surface area contributed by atoms with Gasteiger partial charge in [-0.1, -0.05) is 20.8 Å². The molecular weight excluding hydrogens is 242 g/mol. The van der Waals surface area contributed by atoms with Crippen LogP contribution in [-0.4, -0.2) is 10.5 Å². The quantitative estimate of drug-likeness (QED) is 0.645. The van der Waals surface area contributed by atoms with Gasteiger partial charge in [-0.3, -0.25) is 11.3 Å². The molecule has 17 heavy (non-hydrogen) atoms. The maximum Gasteiger partial charge on any atom is 0.126 e. The largest absolute Gasteiger partial charge is 0.271 e. The van der Waals surface area contributed by atoms with Crippen LogP contribution in [0, 0.1) is 11.6 Å². The monoisotopic (exact) mass is 260 g/mol. The van der Waals surface area contributed by atoms with E-state index in [4.69, 9.17) is 5.84 Å². The Balaban J connectivity index is 2.79. The first kappa shape index (κ1) is 14.4. The lowest BCUT2D eigenvalue weighted by Crippen LogP contribution is -2.31. The first-order valence-electron chi connectivity index (χ1n) is 5.38. The van der Waals surface area contributed by atoms with E-state index >= 15 is 0 Å². The van der Waals surface area contributed by atoms with Crippen molar-refractivity contribution in [1.82, 2.24) is 5.43 Å². The minimum absolute atomic E-state index is 0.0843. The van der Waals surface area contributed by atoms with E-state index in [-0.39, 0.29) is 10.8 Å². The van der Waals surface area contributed by atoms with Gasteiger partial charge in [0, 0.05) is 16.6 Å². The van der Waals surface area contributed by atoms with E-state index in [1.54, 1.807) is 11.8 Å². The van der Waals surface area contributed by atoms with Gasteiger partial charge >= 0.3 is 0 Å². The van der Waals surface area contributed by atoms with E-state index < -0.39 is 11.6 Å². The van der Waals surface area contributed by atoms with Crippen LogP contribution in [0.1, 0.15) is 32.4 Å². The van der Waals surface area contributed by atoms with Gasteiger partial charge in [0.05, 0.1) is 6.04 Å². The number of rotatable bonds is 4. The summed E-state index contributed by atoms with van der Waals surface area (Å²) in [6.45, 7) is 6.24. The van der Waals surface area contributed by atoms with Crippen LogP contribution in [0.5, 0.6) is 0 Å². The summed E-state index contributed by atoms with van der Waals surface area (Å²) >= 11 is 1.69. The Labute approximate surface area is 105 Å². The van der Waals surface area contributed by atoms with Crippen molar-refractivity contribution in [2.75, 3.05) is 5.75 Å². The predicted octanol–water partition coefficient (Wildman–Crippen LogP) is 3.00. The summed E-state index contributed by atoms with van der Waals surface area (Å²) < 4.78 is 26.3. The fourth-order valence-electron chi connectivity index (χ4n) is 1.35. The Bertz CT molecular complexity index is 357. The molecule has 0 heterocycles. The number of nitrogens with two attached hydrogens (primary N) is 1. The number of thioether (sulfide) groups is 1. The van der Waals surface area contributed by atoms with Crippen LogP contribution in [0.25, 0.3) is 0 Å². The molecule has 0 spiro atoms. The highest BCUT2D eigenvalue weighted by atomic mass is 32.2. The zero-order valence-electron chi connectivity index (χ0n) is 10.3. The molecule has 1 rings (SSSR count). The average Bonchev–Trinajstić information content (AvgIpc) is 2.15. The van der Waals surface area contributed by atoms with Gasteiger partial charge in [0.2, 0.25) is 0 Å². The minimum Gasteiger partial charge on any atom is -0.271 e. The number of benzene rings is 1. The molecule has 1 aromatic rings. The highest BCUT2D eigenvalue weighted by Crippen LogP contribution is 2.28. The molecule has 1 unspecified atom stereocenters. The Morgan fingerprint density at radius 1 is 1.24 bits per heavy atom. The molecule has 0 saturated heterocycles. The normalized spacial score (nSPS) is 13.8. The third kappa shape index (κ3) is 5.02. The lowest BCUT2D eigenvalue weighted by atomic mass is 10.1. The third-order valence-electron chi connectivity index (χ3n) is 2.17. The number of hydrogen-bond donors (Lipinski definition) is 2. The van der Waals surface area contributed by atoms with E-state index in [1.165, 1.54) is 12.1 Å². The standard InChI is InChI=1S/C12H18F2N2S/c1-12(2,3)17-7-11(16-15)8-4-9(13)6-10(14)5-8/h4-6,11,16H,7,15H2,1-3H3. The summed E-state index contributed by atoms with van der Waals surface area (Å²) in [5.41, 5.74) is 3.12. The van der Waals surface area contributed by atoms with Crippen molar-refractivity contribution < 1.29 is 8.78 Å². The smallest absolute Gasteiger partial charge is 0.126 e. The number of nitrogens with one attached hydrogen (secondary N) is 1. The molecule has 0 saturated carbocycles. The molecule has 0 bridgehead atoms. The lowest BCUT2D eigenvalue weighted by Gasteiger charge is -2.22. The zero-order chi connectivity index (χ0) is 13.1. The van der Waals surface area contributed by atoms with Crippen LogP contribution in [0.3, 0.4) is 0 Å². The first-order chi connectivity index (χ1) is 7.81. The van der Waals surface area contributed by atoms with E-state index in [0.29, 0.717) is 11.3 Å². The van der Waals surface area contributed by atoms with E-state index in [0.717, 1.165) is 6.07 Å². The number of halogens is 2. The van der Waals surface area contributed by atoms with Crippen molar-refractivity contribution in [3.8, 4) is 0 Å². The Hall–Kier alpha value is -0.650. The van der Waals surface area contributed by atoms with Gasteiger partial charge in [-0.25, -0.2) is 8.78 Å². The average molecular weight is 260 g/mol. The van der Waals surface area contributed by atoms with Crippen molar-refractivity contribution in [3.63, 3.8) is 0 Å². The van der Waals surface area contributed by atoms with Crippen LogP contribution in [0.15, 0.2) is 18.2 Å². The summed E-state index contributed by atoms with van der Waals surface area (Å²) in [7, 11) is 0. The van der Waals surface area contributed by atoms with Crippen molar-refractivity contribution in [1.29, 1.82) is 0 Å². The molecule has 1 aromatic carbocycles. The van der Waals surface area contributed by atoms with Crippen LogP contribution in [0.2, 0.25) is 0 Å². The van der Waals surface area contributed by atoms with Gasteiger partial charge in [-0.05, 0) is 17.7 Å². The van der Waals surface area contributed by atoms with Crippen molar-refractivity contribution in [2.24, 2.45) is 5.84 Å². The molecule has 0 aliphatic carbocycles. The van der Waals surface area contributed by atoms with Gasteiger partial charge in [0.25, 0.3) is 0 Å². The summed E-state index contributed by atoms with van der Waals surface area (Å²) in [6, 6.07) is 3.20. The van der Waals surface area contributed by atoms with Gasteiger partial charge in [-0.15, -0.1) is 0 Å². The van der Waals surface area contributed by atoms with Crippen LogP contribution < -0.4 is 11.3 Å². The van der Waals surface area contributed by atoms with E-state index in [1.807, 2.05) is 0 Å². The van der Waals surface area contributed by atoms with E-state index in [9.17, 15) is 8.78 Å². The Kier molecular flexibility index (Phi) is 4.91. The van der Waals surface area contributed by atoms with Crippen LogP contribution in [0.4, 0.5) is 8.78 Å². The Morgan fingerprint density at radius 2 is 1.76 bits per heavy atom. The van der Waals surface area contributed by atoms with Gasteiger partial charge in [-0.2, -0.15) is 11.8 Å². The summed E-state index contributed by atoms with van der Waals surface area (Å²) in [4.78, 5) is 0. The maximum absolute atomic E-state index is 13.1. The highest BCUT2D eigenvalue weighted by Gasteiger charge is 2.17. The van der Waals surface area contributed by atoms with Gasteiger partial charge < -0.3 is 0 Å². The maximum atomic E-state index is 13.1. The fourth-order valence-corrected chi connectivity index (χ4v) is 2.31. The molecule has 0 aliphatic heterocycles.